The zero-order valence-corrected chi connectivity index (χ0v) is 15.1. The molecule has 0 bridgehead atoms. The molecule has 0 unspecified atom stereocenters. The SMILES string of the molecule is Cc1ccc(OCC(=O)Nc2cccc(C(=O)NC(C)C)c2)c(C)c1. The van der Waals surface area contributed by atoms with E-state index in [9.17, 15) is 9.59 Å². The minimum atomic E-state index is -0.276. The summed E-state index contributed by atoms with van der Waals surface area (Å²) in [4.78, 5) is 24.1. The molecular formula is C20H24N2O3. The summed E-state index contributed by atoms with van der Waals surface area (Å²) in [5.74, 6) is 0.241. The zero-order chi connectivity index (χ0) is 18.4. The fraction of sp³-hybridized carbons (Fsp3) is 0.300. The van der Waals surface area contributed by atoms with Gasteiger partial charge in [-0.2, -0.15) is 0 Å². The standard InChI is InChI=1S/C20H24N2O3/c1-13(2)21-20(24)16-6-5-7-17(11-16)22-19(23)12-25-18-9-8-14(3)10-15(18)4/h5-11,13H,12H2,1-4H3,(H,21,24)(H,22,23). The molecule has 0 spiro atoms. The summed E-state index contributed by atoms with van der Waals surface area (Å²) in [5.41, 5.74) is 3.19. The largest absolute Gasteiger partial charge is 0.483 e. The van der Waals surface area contributed by atoms with Crippen molar-refractivity contribution < 1.29 is 14.3 Å². The molecule has 0 aliphatic heterocycles. The Balaban J connectivity index is 1.95. The monoisotopic (exact) mass is 340 g/mol. The lowest BCUT2D eigenvalue weighted by atomic mass is 10.1. The molecular weight excluding hydrogens is 316 g/mol. The number of nitrogens with one attached hydrogen (secondary N) is 2. The Bertz CT molecular complexity index is 769. The zero-order valence-electron chi connectivity index (χ0n) is 15.1. The summed E-state index contributed by atoms with van der Waals surface area (Å²) >= 11 is 0. The topological polar surface area (TPSA) is 67.4 Å². The number of ether oxygens (including phenoxy) is 1. The Kier molecular flexibility index (Phi) is 6.17. The van der Waals surface area contributed by atoms with E-state index in [4.69, 9.17) is 4.74 Å². The van der Waals surface area contributed by atoms with Crippen molar-refractivity contribution in [3.05, 3.63) is 59.2 Å². The second-order valence-corrected chi connectivity index (χ2v) is 6.31. The first-order valence-corrected chi connectivity index (χ1v) is 8.26. The number of anilines is 1. The minimum Gasteiger partial charge on any atom is -0.483 e. The molecule has 2 aromatic rings. The molecule has 132 valence electrons. The smallest absolute Gasteiger partial charge is 0.262 e. The van der Waals surface area contributed by atoms with Gasteiger partial charge in [-0.1, -0.05) is 23.8 Å². The van der Waals surface area contributed by atoms with Crippen molar-refractivity contribution in [1.29, 1.82) is 0 Å². The minimum absolute atomic E-state index is 0.0527. The predicted octanol–water partition coefficient (Wildman–Crippen LogP) is 3.46. The van der Waals surface area contributed by atoms with Gasteiger partial charge >= 0.3 is 0 Å². The fourth-order valence-electron chi connectivity index (χ4n) is 2.39. The van der Waals surface area contributed by atoms with E-state index in [2.05, 4.69) is 10.6 Å². The Morgan fingerprint density at radius 3 is 2.52 bits per heavy atom. The maximum atomic E-state index is 12.1. The molecule has 2 rings (SSSR count). The van der Waals surface area contributed by atoms with Crippen LogP contribution in [0.5, 0.6) is 5.75 Å². The van der Waals surface area contributed by atoms with Gasteiger partial charge in [0.2, 0.25) is 0 Å². The quantitative estimate of drug-likeness (QED) is 0.846. The molecule has 0 saturated carbocycles. The summed E-state index contributed by atoms with van der Waals surface area (Å²) < 4.78 is 5.56. The lowest BCUT2D eigenvalue weighted by Gasteiger charge is -2.11. The molecule has 0 radical (unpaired) electrons. The molecule has 2 amide bonds. The molecule has 25 heavy (non-hydrogen) atoms. The summed E-state index contributed by atoms with van der Waals surface area (Å²) in [6.07, 6.45) is 0. The highest BCUT2D eigenvalue weighted by Crippen LogP contribution is 2.18. The van der Waals surface area contributed by atoms with E-state index in [1.807, 2.05) is 45.9 Å². The van der Waals surface area contributed by atoms with Gasteiger partial charge in [-0.25, -0.2) is 0 Å². The first-order chi connectivity index (χ1) is 11.8. The Hall–Kier alpha value is -2.82. The summed E-state index contributed by atoms with van der Waals surface area (Å²) in [6.45, 7) is 7.65. The number of rotatable bonds is 6. The molecule has 2 N–H and O–H groups in total. The van der Waals surface area contributed by atoms with Gasteiger partial charge in [-0.3, -0.25) is 9.59 Å². The number of carbonyl (C=O) groups is 2. The van der Waals surface area contributed by atoms with E-state index in [1.165, 1.54) is 0 Å². The van der Waals surface area contributed by atoms with Crippen molar-refractivity contribution >= 4 is 17.5 Å². The summed E-state index contributed by atoms with van der Waals surface area (Å²) in [7, 11) is 0. The van der Waals surface area contributed by atoms with Crippen LogP contribution in [-0.4, -0.2) is 24.5 Å². The van der Waals surface area contributed by atoms with Crippen molar-refractivity contribution in [2.24, 2.45) is 0 Å². The molecule has 0 heterocycles. The average molecular weight is 340 g/mol. The third-order valence-electron chi connectivity index (χ3n) is 3.52. The molecule has 2 aromatic carbocycles. The van der Waals surface area contributed by atoms with Crippen LogP contribution in [0.4, 0.5) is 5.69 Å². The van der Waals surface area contributed by atoms with Gasteiger partial charge in [0, 0.05) is 17.3 Å². The maximum Gasteiger partial charge on any atom is 0.262 e. The van der Waals surface area contributed by atoms with Gasteiger partial charge in [0.25, 0.3) is 11.8 Å². The third-order valence-corrected chi connectivity index (χ3v) is 3.52. The molecule has 5 nitrogen and oxygen atoms in total. The molecule has 0 fully saturated rings. The van der Waals surface area contributed by atoms with Gasteiger partial charge in [-0.05, 0) is 57.5 Å². The molecule has 0 aliphatic rings. The highest BCUT2D eigenvalue weighted by Gasteiger charge is 2.10. The van der Waals surface area contributed by atoms with Crippen molar-refractivity contribution in [2.75, 3.05) is 11.9 Å². The van der Waals surface area contributed by atoms with Gasteiger partial charge in [0.1, 0.15) is 5.75 Å². The lowest BCUT2D eigenvalue weighted by molar-refractivity contribution is -0.118. The van der Waals surface area contributed by atoms with Crippen LogP contribution in [0.15, 0.2) is 42.5 Å². The van der Waals surface area contributed by atoms with Crippen LogP contribution >= 0.6 is 0 Å². The van der Waals surface area contributed by atoms with E-state index < -0.39 is 0 Å². The van der Waals surface area contributed by atoms with Crippen molar-refractivity contribution in [3.8, 4) is 5.75 Å². The van der Waals surface area contributed by atoms with Crippen LogP contribution in [0.1, 0.15) is 35.3 Å². The Morgan fingerprint density at radius 2 is 1.84 bits per heavy atom. The Labute approximate surface area is 148 Å². The fourth-order valence-corrected chi connectivity index (χ4v) is 2.39. The number of carbonyl (C=O) groups excluding carboxylic acids is 2. The predicted molar refractivity (Wildman–Crippen MR) is 99.1 cm³/mol. The van der Waals surface area contributed by atoms with E-state index in [-0.39, 0.29) is 24.5 Å². The van der Waals surface area contributed by atoms with Crippen LogP contribution in [-0.2, 0) is 4.79 Å². The Morgan fingerprint density at radius 1 is 1.08 bits per heavy atom. The molecule has 5 heteroatoms. The van der Waals surface area contributed by atoms with Crippen LogP contribution in [0.3, 0.4) is 0 Å². The number of aryl methyl sites for hydroxylation is 2. The highest BCUT2D eigenvalue weighted by molar-refractivity contribution is 5.97. The molecule has 0 atom stereocenters. The van der Waals surface area contributed by atoms with Crippen LogP contribution in [0.25, 0.3) is 0 Å². The van der Waals surface area contributed by atoms with Gasteiger partial charge in [0.05, 0.1) is 0 Å². The number of hydrogen-bond acceptors (Lipinski definition) is 3. The van der Waals surface area contributed by atoms with Crippen molar-refractivity contribution in [1.82, 2.24) is 5.32 Å². The molecule has 0 aliphatic carbocycles. The van der Waals surface area contributed by atoms with E-state index in [0.29, 0.717) is 17.0 Å². The third kappa shape index (κ3) is 5.64. The normalized spacial score (nSPS) is 10.4. The average Bonchev–Trinajstić information content (AvgIpc) is 2.53. The molecule has 0 saturated heterocycles. The van der Waals surface area contributed by atoms with Gasteiger partial charge in [0.15, 0.2) is 6.61 Å². The lowest BCUT2D eigenvalue weighted by Crippen LogP contribution is -2.30. The second-order valence-electron chi connectivity index (χ2n) is 6.31. The van der Waals surface area contributed by atoms with Crippen molar-refractivity contribution in [3.63, 3.8) is 0 Å². The summed E-state index contributed by atoms with van der Waals surface area (Å²) in [6, 6.07) is 12.7. The molecule has 0 aromatic heterocycles. The van der Waals surface area contributed by atoms with E-state index in [1.54, 1.807) is 24.3 Å². The van der Waals surface area contributed by atoms with Crippen LogP contribution in [0, 0.1) is 13.8 Å². The van der Waals surface area contributed by atoms with Gasteiger partial charge < -0.3 is 15.4 Å². The maximum absolute atomic E-state index is 12.1. The van der Waals surface area contributed by atoms with Crippen molar-refractivity contribution in [2.45, 2.75) is 33.7 Å². The van der Waals surface area contributed by atoms with Crippen LogP contribution in [0.2, 0.25) is 0 Å². The number of hydrogen-bond donors (Lipinski definition) is 2. The van der Waals surface area contributed by atoms with Crippen LogP contribution < -0.4 is 15.4 Å². The van der Waals surface area contributed by atoms with E-state index >= 15 is 0 Å². The van der Waals surface area contributed by atoms with Gasteiger partial charge in [-0.15, -0.1) is 0 Å². The summed E-state index contributed by atoms with van der Waals surface area (Å²) in [5, 5.41) is 5.57. The second kappa shape index (κ2) is 8.33. The number of benzene rings is 2. The first kappa shape index (κ1) is 18.5. The highest BCUT2D eigenvalue weighted by atomic mass is 16.5. The number of amides is 2. The first-order valence-electron chi connectivity index (χ1n) is 8.26. The van der Waals surface area contributed by atoms with E-state index in [0.717, 1.165) is 11.1 Å².